The molecule has 0 bridgehead atoms. The Morgan fingerprint density at radius 2 is 2.17 bits per heavy atom. The number of pyridine rings is 1. The highest BCUT2D eigenvalue weighted by Gasteiger charge is 2.10. The lowest BCUT2D eigenvalue weighted by atomic mass is 10.2. The Bertz CT molecular complexity index is 847. The van der Waals surface area contributed by atoms with Crippen LogP contribution in [0.1, 0.15) is 17.3 Å². The molecule has 0 amide bonds. The summed E-state index contributed by atoms with van der Waals surface area (Å²) in [5.74, 6) is 0.962. The van der Waals surface area contributed by atoms with Crippen LogP contribution in [0.4, 0.5) is 10.9 Å². The molecule has 0 spiro atoms. The lowest BCUT2D eigenvalue weighted by Crippen LogP contribution is -2.05. The van der Waals surface area contributed by atoms with E-state index in [4.69, 9.17) is 9.47 Å². The van der Waals surface area contributed by atoms with Crippen LogP contribution in [-0.2, 0) is 4.74 Å². The van der Waals surface area contributed by atoms with Crippen molar-refractivity contribution in [3.8, 4) is 5.75 Å². The summed E-state index contributed by atoms with van der Waals surface area (Å²) < 4.78 is 11.2. The van der Waals surface area contributed by atoms with Crippen LogP contribution in [0.25, 0.3) is 10.2 Å². The second kappa shape index (κ2) is 6.62. The first kappa shape index (κ1) is 15.2. The molecule has 23 heavy (non-hydrogen) atoms. The van der Waals surface area contributed by atoms with Gasteiger partial charge in [0.2, 0.25) is 0 Å². The predicted octanol–water partition coefficient (Wildman–Crippen LogP) is 3.62. The normalized spacial score (nSPS) is 10.5. The molecule has 0 unspecified atom stereocenters. The van der Waals surface area contributed by atoms with Gasteiger partial charge in [0, 0.05) is 6.20 Å². The molecule has 0 aliphatic rings. The highest BCUT2D eigenvalue weighted by Crippen LogP contribution is 2.30. The number of nitrogens with one attached hydrogen (secondary N) is 1. The van der Waals surface area contributed by atoms with E-state index in [1.54, 1.807) is 32.4 Å². The number of nitrogens with zero attached hydrogens (tertiary/aromatic N) is 2. The third-order valence-electron chi connectivity index (χ3n) is 3.10. The van der Waals surface area contributed by atoms with E-state index in [1.807, 2.05) is 18.2 Å². The summed E-state index contributed by atoms with van der Waals surface area (Å²) in [5.41, 5.74) is 1.33. The number of hydrogen-bond acceptors (Lipinski definition) is 7. The first-order valence-corrected chi connectivity index (χ1v) is 7.86. The zero-order valence-electron chi connectivity index (χ0n) is 12.7. The molecule has 1 aromatic carbocycles. The number of ether oxygens (including phenoxy) is 2. The summed E-state index contributed by atoms with van der Waals surface area (Å²) in [6.45, 7) is 2.11. The Hall–Kier alpha value is -2.67. The molecule has 0 saturated carbocycles. The minimum atomic E-state index is -0.369. The Morgan fingerprint density at radius 1 is 1.30 bits per heavy atom. The van der Waals surface area contributed by atoms with Crippen LogP contribution in [0.5, 0.6) is 5.75 Å². The van der Waals surface area contributed by atoms with Gasteiger partial charge in [-0.3, -0.25) is 0 Å². The first-order chi connectivity index (χ1) is 11.2. The van der Waals surface area contributed by atoms with Gasteiger partial charge in [-0.05, 0) is 37.3 Å². The van der Waals surface area contributed by atoms with Crippen LogP contribution >= 0.6 is 11.3 Å². The number of aromatic nitrogens is 2. The number of methoxy groups -OCH3 is 1. The van der Waals surface area contributed by atoms with Gasteiger partial charge in [-0.25, -0.2) is 14.8 Å². The van der Waals surface area contributed by atoms with Crippen LogP contribution in [-0.4, -0.2) is 29.7 Å². The SMILES string of the molecule is CCOC(=O)c1ccnc(Nc2nc3ccc(OC)cc3s2)c1. The fraction of sp³-hybridized carbons (Fsp3) is 0.188. The van der Waals surface area contributed by atoms with E-state index in [1.165, 1.54) is 11.3 Å². The molecule has 2 heterocycles. The molecular formula is C16H15N3O3S. The molecule has 2 aromatic heterocycles. The molecule has 0 atom stereocenters. The topological polar surface area (TPSA) is 73.3 Å². The molecule has 0 fully saturated rings. The minimum Gasteiger partial charge on any atom is -0.497 e. The largest absolute Gasteiger partial charge is 0.497 e. The smallest absolute Gasteiger partial charge is 0.338 e. The summed E-state index contributed by atoms with van der Waals surface area (Å²) in [5, 5.41) is 3.81. The number of esters is 1. The molecule has 0 aliphatic carbocycles. The van der Waals surface area contributed by atoms with Gasteiger partial charge in [-0.2, -0.15) is 0 Å². The molecule has 0 aliphatic heterocycles. The maximum atomic E-state index is 11.8. The number of fused-ring (bicyclic) bond motifs is 1. The van der Waals surface area contributed by atoms with Crippen molar-refractivity contribution in [1.29, 1.82) is 0 Å². The molecule has 0 saturated heterocycles. The van der Waals surface area contributed by atoms with Gasteiger partial charge in [0.25, 0.3) is 0 Å². The van der Waals surface area contributed by atoms with E-state index in [9.17, 15) is 4.79 Å². The minimum absolute atomic E-state index is 0.337. The molecule has 0 radical (unpaired) electrons. The summed E-state index contributed by atoms with van der Waals surface area (Å²) in [6, 6.07) is 8.96. The second-order valence-corrected chi connectivity index (χ2v) is 5.66. The van der Waals surface area contributed by atoms with Crippen LogP contribution in [0.15, 0.2) is 36.5 Å². The first-order valence-electron chi connectivity index (χ1n) is 7.04. The van der Waals surface area contributed by atoms with E-state index in [0.717, 1.165) is 16.0 Å². The Balaban J connectivity index is 1.84. The summed E-state index contributed by atoms with van der Waals surface area (Å²) in [7, 11) is 1.63. The zero-order chi connectivity index (χ0) is 16.2. The van der Waals surface area contributed by atoms with Crippen molar-refractivity contribution in [3.63, 3.8) is 0 Å². The third kappa shape index (κ3) is 3.40. The second-order valence-electron chi connectivity index (χ2n) is 4.63. The Labute approximate surface area is 137 Å². The van der Waals surface area contributed by atoms with E-state index in [-0.39, 0.29) is 5.97 Å². The van der Waals surface area contributed by atoms with Gasteiger partial charge in [0.1, 0.15) is 11.6 Å². The third-order valence-corrected chi connectivity index (χ3v) is 4.04. The molecule has 3 rings (SSSR count). The maximum Gasteiger partial charge on any atom is 0.338 e. The highest BCUT2D eigenvalue weighted by atomic mass is 32.1. The number of hydrogen-bond donors (Lipinski definition) is 1. The lowest BCUT2D eigenvalue weighted by molar-refractivity contribution is 0.0526. The predicted molar refractivity (Wildman–Crippen MR) is 89.6 cm³/mol. The monoisotopic (exact) mass is 329 g/mol. The van der Waals surface area contributed by atoms with Crippen LogP contribution < -0.4 is 10.1 Å². The van der Waals surface area contributed by atoms with Gasteiger partial charge in [-0.1, -0.05) is 11.3 Å². The molecule has 3 aromatic rings. The summed E-state index contributed by atoms with van der Waals surface area (Å²) in [4.78, 5) is 20.5. The quantitative estimate of drug-likeness (QED) is 0.721. The fourth-order valence-electron chi connectivity index (χ4n) is 2.04. The molecular weight excluding hydrogens is 314 g/mol. The van der Waals surface area contributed by atoms with Gasteiger partial charge in [0.15, 0.2) is 5.13 Å². The number of rotatable bonds is 5. The number of carbonyl (C=O) groups is 1. The van der Waals surface area contributed by atoms with Crippen molar-refractivity contribution in [2.45, 2.75) is 6.92 Å². The van der Waals surface area contributed by atoms with Crippen molar-refractivity contribution in [2.75, 3.05) is 19.0 Å². The van der Waals surface area contributed by atoms with Gasteiger partial charge in [0.05, 0.1) is 29.5 Å². The summed E-state index contributed by atoms with van der Waals surface area (Å²) >= 11 is 1.49. The molecule has 7 heteroatoms. The standard InChI is InChI=1S/C16H15N3O3S/c1-3-22-15(20)10-6-7-17-14(8-10)19-16-18-12-5-4-11(21-2)9-13(12)23-16/h4-9H,3H2,1-2H3,(H,17,18,19). The number of benzene rings is 1. The van der Waals surface area contributed by atoms with Crippen molar-refractivity contribution in [1.82, 2.24) is 9.97 Å². The zero-order valence-corrected chi connectivity index (χ0v) is 13.5. The number of anilines is 2. The van der Waals surface area contributed by atoms with Crippen molar-refractivity contribution in [2.24, 2.45) is 0 Å². The highest BCUT2D eigenvalue weighted by molar-refractivity contribution is 7.22. The Morgan fingerprint density at radius 3 is 2.96 bits per heavy atom. The van der Waals surface area contributed by atoms with Crippen LogP contribution in [0.2, 0.25) is 0 Å². The van der Waals surface area contributed by atoms with Crippen molar-refractivity contribution < 1.29 is 14.3 Å². The van der Waals surface area contributed by atoms with E-state index in [2.05, 4.69) is 15.3 Å². The molecule has 118 valence electrons. The maximum absolute atomic E-state index is 11.8. The van der Waals surface area contributed by atoms with Crippen molar-refractivity contribution in [3.05, 3.63) is 42.1 Å². The fourth-order valence-corrected chi connectivity index (χ4v) is 2.94. The van der Waals surface area contributed by atoms with E-state index >= 15 is 0 Å². The van der Waals surface area contributed by atoms with Gasteiger partial charge in [-0.15, -0.1) is 0 Å². The summed E-state index contributed by atoms with van der Waals surface area (Å²) in [6.07, 6.45) is 1.56. The Kier molecular flexibility index (Phi) is 4.38. The molecule has 1 N–H and O–H groups in total. The van der Waals surface area contributed by atoms with Gasteiger partial charge < -0.3 is 14.8 Å². The van der Waals surface area contributed by atoms with Gasteiger partial charge >= 0.3 is 5.97 Å². The van der Waals surface area contributed by atoms with Crippen LogP contribution in [0, 0.1) is 0 Å². The van der Waals surface area contributed by atoms with E-state index in [0.29, 0.717) is 23.1 Å². The lowest BCUT2D eigenvalue weighted by Gasteiger charge is -2.04. The van der Waals surface area contributed by atoms with Crippen molar-refractivity contribution >= 4 is 38.5 Å². The number of carbonyl (C=O) groups excluding carboxylic acids is 1. The average molecular weight is 329 g/mol. The van der Waals surface area contributed by atoms with Crippen LogP contribution in [0.3, 0.4) is 0 Å². The number of thiazole rings is 1. The average Bonchev–Trinajstić information content (AvgIpc) is 2.96. The molecule has 6 nitrogen and oxygen atoms in total. The van der Waals surface area contributed by atoms with E-state index < -0.39 is 0 Å².